The molecule has 3 rings (SSSR count). The van der Waals surface area contributed by atoms with Gasteiger partial charge in [-0.05, 0) is 49.7 Å². The zero-order chi connectivity index (χ0) is 15.6. The van der Waals surface area contributed by atoms with Crippen LogP contribution in [0.5, 0.6) is 0 Å². The zero-order valence-corrected chi connectivity index (χ0v) is 13.0. The summed E-state index contributed by atoms with van der Waals surface area (Å²) >= 11 is 0. The molecule has 2 amide bonds. The number of benzene rings is 1. The fraction of sp³-hybridized carbons (Fsp3) is 0.556. The first kappa shape index (κ1) is 15.1. The molecule has 1 saturated heterocycles. The lowest BCUT2D eigenvalue weighted by molar-refractivity contribution is -0.143. The van der Waals surface area contributed by atoms with Gasteiger partial charge in [-0.3, -0.25) is 9.59 Å². The van der Waals surface area contributed by atoms with Crippen LogP contribution in [-0.2, 0) is 22.4 Å². The quantitative estimate of drug-likeness (QED) is 0.925. The summed E-state index contributed by atoms with van der Waals surface area (Å²) in [5.41, 5.74) is 7.38. The number of nitrogens with two attached hydrogens (primary N) is 1. The van der Waals surface area contributed by atoms with E-state index in [1.54, 1.807) is 0 Å². The van der Waals surface area contributed by atoms with Crippen LogP contribution < -0.4 is 5.73 Å². The van der Waals surface area contributed by atoms with Gasteiger partial charge in [-0.1, -0.05) is 24.3 Å². The van der Waals surface area contributed by atoms with Gasteiger partial charge in [0.05, 0.1) is 5.41 Å². The first-order chi connectivity index (χ1) is 10.6. The minimum Gasteiger partial charge on any atom is -0.370 e. The Kier molecular flexibility index (Phi) is 4.19. The van der Waals surface area contributed by atoms with Crippen LogP contribution in [0.15, 0.2) is 24.3 Å². The largest absolute Gasteiger partial charge is 0.370 e. The smallest absolute Gasteiger partial charge is 0.229 e. The summed E-state index contributed by atoms with van der Waals surface area (Å²) in [6.07, 6.45) is 5.71. The average Bonchev–Trinajstić information content (AvgIpc) is 2.93. The monoisotopic (exact) mass is 300 g/mol. The lowest BCUT2D eigenvalue weighted by Gasteiger charge is -2.36. The van der Waals surface area contributed by atoms with E-state index in [4.69, 9.17) is 5.73 Å². The highest BCUT2D eigenvalue weighted by Crippen LogP contribution is 2.42. The van der Waals surface area contributed by atoms with Crippen LogP contribution in [0.2, 0.25) is 0 Å². The molecule has 4 heteroatoms. The number of amides is 2. The highest BCUT2D eigenvalue weighted by molar-refractivity contribution is 5.85. The molecule has 1 heterocycles. The van der Waals surface area contributed by atoms with Crippen molar-refractivity contribution in [3.05, 3.63) is 35.4 Å². The van der Waals surface area contributed by atoms with Gasteiger partial charge in [0.15, 0.2) is 0 Å². The number of carbonyl (C=O) groups is 2. The van der Waals surface area contributed by atoms with E-state index in [1.165, 1.54) is 17.5 Å². The molecule has 1 aromatic rings. The number of hydrogen-bond acceptors (Lipinski definition) is 2. The third-order valence-corrected chi connectivity index (χ3v) is 5.12. The van der Waals surface area contributed by atoms with Gasteiger partial charge >= 0.3 is 0 Å². The van der Waals surface area contributed by atoms with Crippen molar-refractivity contribution in [3.8, 4) is 0 Å². The molecule has 0 atom stereocenters. The molecule has 4 nitrogen and oxygen atoms in total. The van der Waals surface area contributed by atoms with Crippen LogP contribution >= 0.6 is 0 Å². The number of hydrogen-bond donors (Lipinski definition) is 1. The standard InChI is InChI=1S/C18H24N2O2/c19-16(21)8-9-18(17(22)20-10-4-1-5-11-20)12-14-6-2-3-7-15(14)13-18/h2-3,6-7H,1,4-5,8-13H2,(H2,19,21). The van der Waals surface area contributed by atoms with Crippen molar-refractivity contribution < 1.29 is 9.59 Å². The fourth-order valence-corrected chi connectivity index (χ4v) is 3.92. The predicted octanol–water partition coefficient (Wildman–Crippen LogP) is 2.05. The Balaban J connectivity index is 1.84. The van der Waals surface area contributed by atoms with E-state index in [1.807, 2.05) is 17.0 Å². The Morgan fingerprint density at radius 1 is 1.05 bits per heavy atom. The summed E-state index contributed by atoms with van der Waals surface area (Å²) < 4.78 is 0. The Bertz CT molecular complexity index is 551. The van der Waals surface area contributed by atoms with Crippen molar-refractivity contribution >= 4 is 11.8 Å². The SMILES string of the molecule is NC(=O)CCC1(C(=O)N2CCCCC2)Cc2ccccc2C1. The topological polar surface area (TPSA) is 63.4 Å². The molecule has 0 radical (unpaired) electrons. The molecule has 0 spiro atoms. The van der Waals surface area contributed by atoms with Gasteiger partial charge in [-0.2, -0.15) is 0 Å². The second-order valence-corrected chi connectivity index (χ2v) is 6.72. The Hall–Kier alpha value is -1.84. The van der Waals surface area contributed by atoms with Crippen molar-refractivity contribution in [3.63, 3.8) is 0 Å². The first-order valence-electron chi connectivity index (χ1n) is 8.25. The summed E-state index contributed by atoms with van der Waals surface area (Å²) in [5, 5.41) is 0. The van der Waals surface area contributed by atoms with Gasteiger partial charge < -0.3 is 10.6 Å². The van der Waals surface area contributed by atoms with E-state index >= 15 is 0 Å². The van der Waals surface area contributed by atoms with Gasteiger partial charge in [0.25, 0.3) is 0 Å². The van der Waals surface area contributed by atoms with Crippen LogP contribution in [0, 0.1) is 5.41 Å². The molecule has 0 unspecified atom stereocenters. The Morgan fingerprint density at radius 2 is 1.64 bits per heavy atom. The maximum atomic E-state index is 13.2. The van der Waals surface area contributed by atoms with Crippen molar-refractivity contribution in [1.82, 2.24) is 4.90 Å². The van der Waals surface area contributed by atoms with Gasteiger partial charge in [0, 0.05) is 19.5 Å². The van der Waals surface area contributed by atoms with Gasteiger partial charge in [0.1, 0.15) is 0 Å². The minimum absolute atomic E-state index is 0.227. The van der Waals surface area contributed by atoms with Crippen molar-refractivity contribution in [2.75, 3.05) is 13.1 Å². The third-order valence-electron chi connectivity index (χ3n) is 5.12. The van der Waals surface area contributed by atoms with E-state index in [0.717, 1.165) is 38.8 Å². The van der Waals surface area contributed by atoms with Crippen LogP contribution in [0.4, 0.5) is 0 Å². The van der Waals surface area contributed by atoms with E-state index in [9.17, 15) is 9.59 Å². The second-order valence-electron chi connectivity index (χ2n) is 6.72. The van der Waals surface area contributed by atoms with E-state index in [0.29, 0.717) is 6.42 Å². The number of fused-ring (bicyclic) bond motifs is 1. The minimum atomic E-state index is -0.462. The second kappa shape index (κ2) is 6.11. The number of carbonyl (C=O) groups excluding carboxylic acids is 2. The van der Waals surface area contributed by atoms with Crippen molar-refractivity contribution in [2.24, 2.45) is 11.1 Å². The summed E-state index contributed by atoms with van der Waals surface area (Å²) in [6, 6.07) is 8.25. The maximum Gasteiger partial charge on any atom is 0.229 e. The molecular weight excluding hydrogens is 276 g/mol. The summed E-state index contributed by atoms with van der Waals surface area (Å²) in [6.45, 7) is 1.71. The number of nitrogens with zero attached hydrogens (tertiary/aromatic N) is 1. The third kappa shape index (κ3) is 2.87. The maximum absolute atomic E-state index is 13.2. The molecule has 0 aromatic heterocycles. The predicted molar refractivity (Wildman–Crippen MR) is 85.1 cm³/mol. The molecule has 2 N–H and O–H groups in total. The molecule has 0 saturated carbocycles. The molecule has 22 heavy (non-hydrogen) atoms. The Morgan fingerprint density at radius 3 is 2.18 bits per heavy atom. The van der Waals surface area contributed by atoms with Crippen molar-refractivity contribution in [2.45, 2.75) is 44.9 Å². The van der Waals surface area contributed by atoms with Crippen LogP contribution in [0.25, 0.3) is 0 Å². The molecular formula is C18H24N2O2. The highest BCUT2D eigenvalue weighted by atomic mass is 16.2. The fourth-order valence-electron chi connectivity index (χ4n) is 3.92. The van der Waals surface area contributed by atoms with Gasteiger partial charge in [-0.25, -0.2) is 0 Å². The van der Waals surface area contributed by atoms with Crippen LogP contribution in [-0.4, -0.2) is 29.8 Å². The lowest BCUT2D eigenvalue weighted by atomic mass is 9.78. The van der Waals surface area contributed by atoms with E-state index in [2.05, 4.69) is 12.1 Å². The van der Waals surface area contributed by atoms with Gasteiger partial charge in [-0.15, -0.1) is 0 Å². The average molecular weight is 300 g/mol. The van der Waals surface area contributed by atoms with Crippen LogP contribution in [0.3, 0.4) is 0 Å². The first-order valence-corrected chi connectivity index (χ1v) is 8.25. The summed E-state index contributed by atoms with van der Waals surface area (Å²) in [4.78, 5) is 26.5. The number of rotatable bonds is 4. The van der Waals surface area contributed by atoms with Gasteiger partial charge in [0.2, 0.25) is 11.8 Å². The van der Waals surface area contributed by atoms with Crippen LogP contribution in [0.1, 0.15) is 43.2 Å². The molecule has 1 fully saturated rings. The van der Waals surface area contributed by atoms with E-state index in [-0.39, 0.29) is 18.2 Å². The zero-order valence-electron chi connectivity index (χ0n) is 13.0. The lowest BCUT2D eigenvalue weighted by Crippen LogP contribution is -2.47. The number of primary amides is 1. The molecule has 1 aliphatic heterocycles. The Labute approximate surface area is 131 Å². The summed E-state index contributed by atoms with van der Waals surface area (Å²) in [5.74, 6) is -0.0913. The molecule has 1 aromatic carbocycles. The molecule has 0 bridgehead atoms. The highest BCUT2D eigenvalue weighted by Gasteiger charge is 2.45. The molecule has 118 valence electrons. The number of piperidine rings is 1. The van der Waals surface area contributed by atoms with Crippen molar-refractivity contribution in [1.29, 1.82) is 0 Å². The molecule has 1 aliphatic carbocycles. The normalized spacial score (nSPS) is 19.7. The molecule has 2 aliphatic rings. The summed E-state index contributed by atoms with van der Waals surface area (Å²) in [7, 11) is 0. The number of likely N-dealkylation sites (tertiary alicyclic amines) is 1. The van der Waals surface area contributed by atoms with E-state index < -0.39 is 5.41 Å².